The van der Waals surface area contributed by atoms with Gasteiger partial charge in [-0.3, -0.25) is 4.79 Å². The summed E-state index contributed by atoms with van der Waals surface area (Å²) in [6.45, 7) is 8.48. The quantitative estimate of drug-likeness (QED) is 0.769. The molecule has 126 valence electrons. The molecule has 0 bridgehead atoms. The topological polar surface area (TPSA) is 42.0 Å². The van der Waals surface area contributed by atoms with Gasteiger partial charge < -0.3 is 19.3 Å². The van der Waals surface area contributed by atoms with Crippen LogP contribution in [0.15, 0.2) is 0 Å². The van der Waals surface area contributed by atoms with Crippen LogP contribution in [0.2, 0.25) is 0 Å². The first kappa shape index (κ1) is 16.2. The van der Waals surface area contributed by atoms with E-state index in [2.05, 4.69) is 4.90 Å². The zero-order valence-electron chi connectivity index (χ0n) is 13.7. The van der Waals surface area contributed by atoms with Crippen LogP contribution in [0, 0.1) is 11.8 Å². The van der Waals surface area contributed by atoms with Crippen LogP contribution in [-0.4, -0.2) is 74.9 Å². The number of carbonyl (C=O) groups excluding carboxylic acids is 1. The van der Waals surface area contributed by atoms with Crippen LogP contribution < -0.4 is 0 Å². The average Bonchev–Trinajstić information content (AvgIpc) is 3.08. The van der Waals surface area contributed by atoms with Crippen LogP contribution in [-0.2, 0) is 14.3 Å². The van der Waals surface area contributed by atoms with Gasteiger partial charge in [-0.2, -0.15) is 0 Å². The number of morpholine rings is 1. The van der Waals surface area contributed by atoms with Crippen molar-refractivity contribution in [3.05, 3.63) is 0 Å². The second-order valence-corrected chi connectivity index (χ2v) is 7.01. The number of hydrogen-bond donors (Lipinski definition) is 0. The molecule has 1 unspecified atom stereocenters. The Morgan fingerprint density at radius 2 is 1.68 bits per heavy atom. The summed E-state index contributed by atoms with van der Waals surface area (Å²) in [6.07, 6.45) is 5.53. The Morgan fingerprint density at radius 3 is 2.36 bits per heavy atom. The molecule has 0 N–H and O–H groups in total. The van der Waals surface area contributed by atoms with Crippen molar-refractivity contribution in [2.75, 3.05) is 59.2 Å². The molecule has 0 aromatic rings. The molecule has 0 spiro atoms. The molecular weight excluding hydrogens is 280 g/mol. The normalized spacial score (nSPS) is 28.2. The first-order valence-corrected chi connectivity index (χ1v) is 8.97. The highest BCUT2D eigenvalue weighted by Gasteiger charge is 2.25. The zero-order chi connectivity index (χ0) is 15.2. The fraction of sp³-hybridized carbons (Fsp3) is 0.941. The third-order valence-electron chi connectivity index (χ3n) is 5.38. The Kier molecular flexibility index (Phi) is 6.10. The Bertz CT molecular complexity index is 344. The molecule has 3 aliphatic heterocycles. The van der Waals surface area contributed by atoms with Gasteiger partial charge in [-0.1, -0.05) is 0 Å². The van der Waals surface area contributed by atoms with E-state index in [1.807, 2.05) is 4.90 Å². The highest BCUT2D eigenvalue weighted by molar-refractivity contribution is 5.76. The predicted molar refractivity (Wildman–Crippen MR) is 84.7 cm³/mol. The highest BCUT2D eigenvalue weighted by Crippen LogP contribution is 2.24. The van der Waals surface area contributed by atoms with E-state index >= 15 is 0 Å². The summed E-state index contributed by atoms with van der Waals surface area (Å²) in [5.41, 5.74) is 0. The van der Waals surface area contributed by atoms with E-state index in [0.29, 0.717) is 19.1 Å². The molecule has 3 rings (SSSR count). The zero-order valence-corrected chi connectivity index (χ0v) is 13.7. The molecule has 3 heterocycles. The van der Waals surface area contributed by atoms with E-state index in [4.69, 9.17) is 9.47 Å². The maximum absolute atomic E-state index is 12.2. The summed E-state index contributed by atoms with van der Waals surface area (Å²) in [7, 11) is 0. The summed E-state index contributed by atoms with van der Waals surface area (Å²) in [5, 5.41) is 0. The fourth-order valence-corrected chi connectivity index (χ4v) is 3.85. The van der Waals surface area contributed by atoms with E-state index in [1.54, 1.807) is 0 Å². The number of likely N-dealkylation sites (tertiary alicyclic amines) is 1. The molecule has 3 fully saturated rings. The Balaban J connectivity index is 1.30. The second-order valence-electron chi connectivity index (χ2n) is 7.01. The average molecular weight is 310 g/mol. The van der Waals surface area contributed by atoms with E-state index < -0.39 is 0 Å². The molecule has 0 radical (unpaired) electrons. The third kappa shape index (κ3) is 4.67. The molecule has 5 nitrogen and oxygen atoms in total. The van der Waals surface area contributed by atoms with Crippen LogP contribution in [0.4, 0.5) is 0 Å². The monoisotopic (exact) mass is 310 g/mol. The standard InChI is InChI=1S/C17H30N2O3/c20-17(19-8-11-21-12-9-19)2-1-15-3-6-18(7-4-15)13-16-5-10-22-14-16/h15-16H,1-14H2. The van der Waals surface area contributed by atoms with Crippen LogP contribution in [0.3, 0.4) is 0 Å². The van der Waals surface area contributed by atoms with Crippen molar-refractivity contribution in [3.63, 3.8) is 0 Å². The van der Waals surface area contributed by atoms with Crippen molar-refractivity contribution >= 4 is 5.91 Å². The van der Waals surface area contributed by atoms with Gasteiger partial charge in [0.1, 0.15) is 0 Å². The van der Waals surface area contributed by atoms with Gasteiger partial charge in [0.2, 0.25) is 5.91 Å². The van der Waals surface area contributed by atoms with Crippen molar-refractivity contribution in [1.82, 2.24) is 9.80 Å². The van der Waals surface area contributed by atoms with Gasteiger partial charge in [-0.05, 0) is 50.6 Å². The first-order valence-electron chi connectivity index (χ1n) is 8.97. The lowest BCUT2D eigenvalue weighted by molar-refractivity contribution is -0.135. The number of rotatable bonds is 5. The number of nitrogens with zero attached hydrogens (tertiary/aromatic N) is 2. The van der Waals surface area contributed by atoms with Gasteiger partial charge in [-0.15, -0.1) is 0 Å². The van der Waals surface area contributed by atoms with Crippen molar-refractivity contribution in [2.45, 2.75) is 32.1 Å². The van der Waals surface area contributed by atoms with E-state index in [0.717, 1.165) is 51.0 Å². The third-order valence-corrected chi connectivity index (χ3v) is 5.38. The maximum atomic E-state index is 12.2. The molecule has 3 aliphatic rings. The minimum atomic E-state index is 0.328. The van der Waals surface area contributed by atoms with Crippen molar-refractivity contribution in [3.8, 4) is 0 Å². The van der Waals surface area contributed by atoms with Gasteiger partial charge in [0.25, 0.3) is 0 Å². The molecule has 1 amide bonds. The second kappa shape index (κ2) is 8.27. The van der Waals surface area contributed by atoms with Crippen molar-refractivity contribution in [2.24, 2.45) is 11.8 Å². The van der Waals surface area contributed by atoms with Gasteiger partial charge in [0.15, 0.2) is 0 Å². The SMILES string of the molecule is O=C(CCC1CCN(CC2CCOC2)CC1)N1CCOCC1. The van der Waals surface area contributed by atoms with Crippen molar-refractivity contribution in [1.29, 1.82) is 0 Å². The number of hydrogen-bond acceptors (Lipinski definition) is 4. The van der Waals surface area contributed by atoms with Gasteiger partial charge >= 0.3 is 0 Å². The van der Waals surface area contributed by atoms with E-state index in [-0.39, 0.29) is 0 Å². The van der Waals surface area contributed by atoms with Gasteiger partial charge in [-0.25, -0.2) is 0 Å². The highest BCUT2D eigenvalue weighted by atomic mass is 16.5. The number of carbonyl (C=O) groups is 1. The Labute approximate surface area is 133 Å². The number of ether oxygens (including phenoxy) is 2. The molecular formula is C17H30N2O3. The van der Waals surface area contributed by atoms with Gasteiger partial charge in [0.05, 0.1) is 19.8 Å². The minimum absolute atomic E-state index is 0.328. The summed E-state index contributed by atoms with van der Waals surface area (Å²) < 4.78 is 10.8. The summed E-state index contributed by atoms with van der Waals surface area (Å²) in [5.74, 6) is 1.81. The largest absolute Gasteiger partial charge is 0.381 e. The lowest BCUT2D eigenvalue weighted by Gasteiger charge is -2.33. The summed E-state index contributed by atoms with van der Waals surface area (Å²) in [6, 6.07) is 0. The molecule has 5 heteroatoms. The number of amides is 1. The molecule has 0 saturated carbocycles. The summed E-state index contributed by atoms with van der Waals surface area (Å²) >= 11 is 0. The van der Waals surface area contributed by atoms with E-state index in [9.17, 15) is 4.79 Å². The van der Waals surface area contributed by atoms with Crippen molar-refractivity contribution < 1.29 is 14.3 Å². The van der Waals surface area contributed by atoms with Crippen LogP contribution in [0.1, 0.15) is 32.1 Å². The Morgan fingerprint density at radius 1 is 0.909 bits per heavy atom. The first-order chi connectivity index (χ1) is 10.8. The fourth-order valence-electron chi connectivity index (χ4n) is 3.85. The lowest BCUT2D eigenvalue weighted by Crippen LogP contribution is -2.41. The molecule has 1 atom stereocenters. The molecule has 0 aliphatic carbocycles. The summed E-state index contributed by atoms with van der Waals surface area (Å²) in [4.78, 5) is 16.7. The van der Waals surface area contributed by atoms with Crippen LogP contribution in [0.5, 0.6) is 0 Å². The smallest absolute Gasteiger partial charge is 0.222 e. The van der Waals surface area contributed by atoms with Crippen LogP contribution >= 0.6 is 0 Å². The molecule has 22 heavy (non-hydrogen) atoms. The van der Waals surface area contributed by atoms with Crippen LogP contribution in [0.25, 0.3) is 0 Å². The Hall–Kier alpha value is -0.650. The predicted octanol–water partition coefficient (Wildman–Crippen LogP) is 1.37. The molecule has 0 aromatic carbocycles. The van der Waals surface area contributed by atoms with Gasteiger partial charge in [0, 0.05) is 32.7 Å². The number of piperidine rings is 1. The maximum Gasteiger partial charge on any atom is 0.222 e. The van der Waals surface area contributed by atoms with E-state index in [1.165, 1.54) is 38.9 Å². The minimum Gasteiger partial charge on any atom is -0.381 e. The molecule has 3 saturated heterocycles. The molecule has 0 aromatic heterocycles. The lowest BCUT2D eigenvalue weighted by atomic mass is 9.91.